The second-order valence-corrected chi connectivity index (χ2v) is 8.36. The lowest BCUT2D eigenvalue weighted by Gasteiger charge is -2.24. The number of halogens is 1. The van der Waals surface area contributed by atoms with Crippen LogP contribution in [0.3, 0.4) is 0 Å². The lowest BCUT2D eigenvalue weighted by Crippen LogP contribution is -2.18. The Morgan fingerprint density at radius 2 is 1.57 bits per heavy atom. The van der Waals surface area contributed by atoms with Gasteiger partial charge in [-0.05, 0) is 47.5 Å². The maximum atomic E-state index is 11.3. The summed E-state index contributed by atoms with van der Waals surface area (Å²) in [5.74, 6) is 0. The van der Waals surface area contributed by atoms with Gasteiger partial charge in [-0.2, -0.15) is 13.5 Å². The number of hydrogen-bond donors (Lipinski definition) is 1. The van der Waals surface area contributed by atoms with Crippen molar-refractivity contribution in [1.29, 1.82) is 0 Å². The minimum absolute atomic E-state index is 0.0246. The van der Waals surface area contributed by atoms with Crippen LogP contribution in [0.4, 0.5) is 5.69 Å². The molecule has 1 aliphatic heterocycles. The molecular weight excluding hydrogens is 396 g/mol. The minimum Gasteiger partial charge on any atom is -0.282 e. The van der Waals surface area contributed by atoms with Gasteiger partial charge < -0.3 is 0 Å². The van der Waals surface area contributed by atoms with Crippen molar-refractivity contribution in [3.8, 4) is 0 Å². The molecule has 1 N–H and O–H groups in total. The van der Waals surface area contributed by atoms with Gasteiger partial charge in [0.1, 0.15) is 0 Å². The quantitative estimate of drug-likeness (QED) is 0.616. The van der Waals surface area contributed by atoms with Crippen molar-refractivity contribution >= 4 is 33.1 Å². The summed E-state index contributed by atoms with van der Waals surface area (Å²) in [6, 6.07) is 23.6. The summed E-state index contributed by atoms with van der Waals surface area (Å²) in [6.45, 7) is 0. The van der Waals surface area contributed by atoms with E-state index in [1.165, 1.54) is 12.1 Å². The Morgan fingerprint density at radius 1 is 0.929 bits per heavy atom. The summed E-state index contributed by atoms with van der Waals surface area (Å²) in [7, 11) is -4.23. The molecule has 0 fully saturated rings. The van der Waals surface area contributed by atoms with Gasteiger partial charge in [-0.3, -0.25) is 9.56 Å². The molecule has 5 nitrogen and oxygen atoms in total. The smallest absolute Gasteiger partial charge is 0.282 e. The summed E-state index contributed by atoms with van der Waals surface area (Å²) in [5.41, 5.74) is 3.76. The number of rotatable bonds is 4. The SMILES string of the molecule is O=S(=O)(O)c1ccc(N2N=C(c3ccc(Cl)cc3)C[C@@H]2c2ccccc2)cc1. The van der Waals surface area contributed by atoms with E-state index in [1.807, 2.05) is 59.6 Å². The zero-order valence-corrected chi connectivity index (χ0v) is 16.3. The average molecular weight is 413 g/mol. The highest BCUT2D eigenvalue weighted by molar-refractivity contribution is 7.85. The van der Waals surface area contributed by atoms with Gasteiger partial charge in [0.2, 0.25) is 0 Å². The zero-order chi connectivity index (χ0) is 19.7. The normalized spacial score (nSPS) is 16.9. The number of benzene rings is 3. The van der Waals surface area contributed by atoms with E-state index in [-0.39, 0.29) is 10.9 Å². The number of nitrogens with zero attached hydrogens (tertiary/aromatic N) is 2. The van der Waals surface area contributed by atoms with Crippen LogP contribution < -0.4 is 5.01 Å². The standard InChI is InChI=1S/C21H17ClN2O3S/c22-17-8-6-15(7-9-17)20-14-21(16-4-2-1-3-5-16)24(23-20)18-10-12-19(13-11-18)28(25,26)27/h1-13,21H,14H2,(H,25,26,27)/t21-/m1/s1. The second kappa shape index (κ2) is 7.39. The van der Waals surface area contributed by atoms with Crippen molar-refractivity contribution in [2.45, 2.75) is 17.4 Å². The van der Waals surface area contributed by atoms with E-state index >= 15 is 0 Å². The predicted octanol–water partition coefficient (Wildman–Crippen LogP) is 4.94. The predicted molar refractivity (Wildman–Crippen MR) is 111 cm³/mol. The fraction of sp³-hybridized carbons (Fsp3) is 0.0952. The molecule has 7 heteroatoms. The van der Waals surface area contributed by atoms with Crippen molar-refractivity contribution in [2.75, 3.05) is 5.01 Å². The maximum Gasteiger partial charge on any atom is 0.294 e. The maximum absolute atomic E-state index is 11.3. The number of hydrazone groups is 1. The Bertz CT molecular complexity index is 1110. The summed E-state index contributed by atoms with van der Waals surface area (Å²) in [6.07, 6.45) is 0.700. The van der Waals surface area contributed by atoms with Crippen LogP contribution in [0.1, 0.15) is 23.6 Å². The van der Waals surface area contributed by atoms with Crippen LogP contribution in [0.25, 0.3) is 0 Å². The first-order valence-electron chi connectivity index (χ1n) is 8.67. The van der Waals surface area contributed by atoms with Crippen LogP contribution in [0.5, 0.6) is 0 Å². The monoisotopic (exact) mass is 412 g/mol. The molecule has 0 saturated heterocycles. The van der Waals surface area contributed by atoms with Crippen molar-refractivity contribution in [1.82, 2.24) is 0 Å². The highest BCUT2D eigenvalue weighted by Gasteiger charge is 2.30. The van der Waals surface area contributed by atoms with Gasteiger partial charge in [0.25, 0.3) is 10.1 Å². The van der Waals surface area contributed by atoms with Gasteiger partial charge in [-0.1, -0.05) is 54.1 Å². The first kappa shape index (κ1) is 18.7. The zero-order valence-electron chi connectivity index (χ0n) is 14.7. The Balaban J connectivity index is 1.74. The molecule has 0 aliphatic carbocycles. The molecule has 28 heavy (non-hydrogen) atoms. The molecule has 3 aromatic carbocycles. The topological polar surface area (TPSA) is 70.0 Å². The number of anilines is 1. The van der Waals surface area contributed by atoms with Gasteiger partial charge in [-0.15, -0.1) is 0 Å². The fourth-order valence-corrected chi connectivity index (χ4v) is 3.88. The molecule has 1 aliphatic rings. The third-order valence-electron chi connectivity index (χ3n) is 4.67. The summed E-state index contributed by atoms with van der Waals surface area (Å²) in [4.78, 5) is -0.145. The van der Waals surface area contributed by atoms with Crippen molar-refractivity contribution in [2.24, 2.45) is 5.10 Å². The Labute approximate surface area is 168 Å². The molecule has 1 heterocycles. The van der Waals surface area contributed by atoms with Gasteiger partial charge in [-0.25, -0.2) is 0 Å². The van der Waals surface area contributed by atoms with E-state index in [1.54, 1.807) is 12.1 Å². The first-order valence-corrected chi connectivity index (χ1v) is 10.5. The largest absolute Gasteiger partial charge is 0.294 e. The molecule has 0 unspecified atom stereocenters. The molecule has 0 bridgehead atoms. The Hall–Kier alpha value is -2.67. The summed E-state index contributed by atoms with van der Waals surface area (Å²) >= 11 is 6.00. The van der Waals surface area contributed by atoms with Gasteiger partial charge in [0.15, 0.2) is 0 Å². The van der Waals surface area contributed by atoms with Crippen molar-refractivity contribution in [3.05, 3.63) is 95.0 Å². The summed E-state index contributed by atoms with van der Waals surface area (Å²) in [5, 5.41) is 7.35. The van der Waals surface area contributed by atoms with Gasteiger partial charge in [0.05, 0.1) is 22.3 Å². The Morgan fingerprint density at radius 3 is 2.18 bits per heavy atom. The number of hydrogen-bond acceptors (Lipinski definition) is 4. The molecule has 0 saturated carbocycles. The van der Waals surface area contributed by atoms with Crippen molar-refractivity contribution < 1.29 is 13.0 Å². The lowest BCUT2D eigenvalue weighted by atomic mass is 9.98. The van der Waals surface area contributed by atoms with Crippen LogP contribution in [0, 0.1) is 0 Å². The lowest BCUT2D eigenvalue weighted by molar-refractivity contribution is 0.483. The van der Waals surface area contributed by atoms with Crippen LogP contribution in [0.2, 0.25) is 5.02 Å². The molecule has 3 aromatic rings. The highest BCUT2D eigenvalue weighted by atomic mass is 35.5. The van der Waals surface area contributed by atoms with Crippen LogP contribution in [-0.4, -0.2) is 18.7 Å². The molecule has 1 atom stereocenters. The van der Waals surface area contributed by atoms with Gasteiger partial charge in [0, 0.05) is 11.4 Å². The van der Waals surface area contributed by atoms with Gasteiger partial charge >= 0.3 is 0 Å². The molecular formula is C21H17ClN2O3S. The van der Waals surface area contributed by atoms with Crippen LogP contribution in [-0.2, 0) is 10.1 Å². The third-order valence-corrected chi connectivity index (χ3v) is 5.79. The Kier molecular flexibility index (Phi) is 4.93. The van der Waals surface area contributed by atoms with Crippen LogP contribution in [0.15, 0.2) is 88.9 Å². The first-order chi connectivity index (χ1) is 13.4. The third kappa shape index (κ3) is 3.80. The molecule has 142 valence electrons. The molecule has 4 rings (SSSR count). The molecule has 0 spiro atoms. The highest BCUT2D eigenvalue weighted by Crippen LogP contribution is 2.37. The fourth-order valence-electron chi connectivity index (χ4n) is 3.27. The minimum atomic E-state index is -4.23. The molecule has 0 aromatic heterocycles. The molecule has 0 amide bonds. The van der Waals surface area contributed by atoms with E-state index in [0.717, 1.165) is 22.5 Å². The summed E-state index contributed by atoms with van der Waals surface area (Å²) < 4.78 is 31.8. The van der Waals surface area contributed by atoms with E-state index < -0.39 is 10.1 Å². The van der Waals surface area contributed by atoms with E-state index in [2.05, 4.69) is 0 Å². The van der Waals surface area contributed by atoms with E-state index in [0.29, 0.717) is 11.4 Å². The average Bonchev–Trinajstić information content (AvgIpc) is 3.14. The van der Waals surface area contributed by atoms with Crippen molar-refractivity contribution in [3.63, 3.8) is 0 Å². The van der Waals surface area contributed by atoms with E-state index in [4.69, 9.17) is 16.7 Å². The van der Waals surface area contributed by atoms with E-state index in [9.17, 15) is 13.0 Å². The van der Waals surface area contributed by atoms with Crippen LogP contribution >= 0.6 is 11.6 Å². The molecule has 0 radical (unpaired) electrons. The second-order valence-electron chi connectivity index (χ2n) is 6.50.